The van der Waals surface area contributed by atoms with Crippen molar-refractivity contribution < 1.29 is 4.79 Å². The van der Waals surface area contributed by atoms with Crippen LogP contribution in [0.1, 0.15) is 17.5 Å². The minimum Gasteiger partial charge on any atom is -0.338 e. The van der Waals surface area contributed by atoms with Crippen molar-refractivity contribution in [3.63, 3.8) is 0 Å². The molecule has 1 fully saturated rings. The molecule has 30 heavy (non-hydrogen) atoms. The zero-order chi connectivity index (χ0) is 19.3. The smallest absolute Gasteiger partial charge is 0.246 e. The second-order valence-electron chi connectivity index (χ2n) is 7.02. The maximum atomic E-state index is 12.5. The van der Waals surface area contributed by atoms with Gasteiger partial charge in [0.05, 0.1) is 6.54 Å². The van der Waals surface area contributed by atoms with Gasteiger partial charge >= 0.3 is 0 Å². The molecule has 1 atom stereocenters. The van der Waals surface area contributed by atoms with Crippen LogP contribution in [-0.4, -0.2) is 44.7 Å². The second kappa shape index (κ2) is 10.9. The predicted molar refractivity (Wildman–Crippen MR) is 124 cm³/mol. The molecule has 3 heterocycles. The largest absolute Gasteiger partial charge is 0.338 e. The number of rotatable bonds is 5. The number of nitrogens with two attached hydrogens (primary N) is 1. The molecule has 0 unspecified atom stereocenters. The zero-order valence-electron chi connectivity index (χ0n) is 16.4. The first-order valence-corrected chi connectivity index (χ1v) is 9.43. The van der Waals surface area contributed by atoms with Crippen LogP contribution < -0.4 is 5.73 Å². The second-order valence-corrected chi connectivity index (χ2v) is 7.02. The first-order chi connectivity index (χ1) is 13.7. The number of benzene rings is 1. The van der Waals surface area contributed by atoms with E-state index in [0.29, 0.717) is 19.6 Å². The van der Waals surface area contributed by atoms with Crippen molar-refractivity contribution >= 4 is 36.8 Å². The molecule has 0 aliphatic carbocycles. The van der Waals surface area contributed by atoms with Gasteiger partial charge in [0, 0.05) is 54.9 Å². The highest BCUT2D eigenvalue weighted by Crippen LogP contribution is 2.23. The molecule has 0 radical (unpaired) electrons. The van der Waals surface area contributed by atoms with Gasteiger partial charge in [0.15, 0.2) is 0 Å². The first-order valence-electron chi connectivity index (χ1n) is 9.43. The standard InChI is InChI=1S/C22H23N5O.2ClH/c23-20-10-12-26(16-20)21(28)9-8-19-15-27(14-17-5-2-1-3-6-17)25-22(19)18-7-4-11-24-13-18;;/h1-9,11,13,15,20H,10,12,14,16,23H2;2*1H/t20-;;/m0../s1. The Kier molecular flexibility index (Phi) is 8.59. The monoisotopic (exact) mass is 445 g/mol. The van der Waals surface area contributed by atoms with E-state index in [-0.39, 0.29) is 36.8 Å². The average molecular weight is 446 g/mol. The van der Waals surface area contributed by atoms with Crippen LogP contribution in [0.3, 0.4) is 0 Å². The molecule has 158 valence electrons. The van der Waals surface area contributed by atoms with E-state index in [2.05, 4.69) is 17.1 Å². The summed E-state index contributed by atoms with van der Waals surface area (Å²) in [6.07, 6.45) is 9.79. The highest BCUT2D eigenvalue weighted by atomic mass is 35.5. The molecule has 0 bridgehead atoms. The van der Waals surface area contributed by atoms with Crippen LogP contribution >= 0.6 is 24.8 Å². The predicted octanol–water partition coefficient (Wildman–Crippen LogP) is 3.41. The summed E-state index contributed by atoms with van der Waals surface area (Å²) in [5.74, 6) is -0.0131. The Morgan fingerprint density at radius 1 is 1.17 bits per heavy atom. The summed E-state index contributed by atoms with van der Waals surface area (Å²) in [6.45, 7) is 2.00. The first kappa shape index (κ1) is 23.6. The summed E-state index contributed by atoms with van der Waals surface area (Å²) in [7, 11) is 0. The Morgan fingerprint density at radius 3 is 2.63 bits per heavy atom. The number of hydrogen-bond acceptors (Lipinski definition) is 4. The number of hydrogen-bond donors (Lipinski definition) is 1. The zero-order valence-corrected chi connectivity index (χ0v) is 18.1. The van der Waals surface area contributed by atoms with Crippen molar-refractivity contribution in [1.82, 2.24) is 19.7 Å². The number of pyridine rings is 1. The number of likely N-dealkylation sites (tertiary alicyclic amines) is 1. The van der Waals surface area contributed by atoms with E-state index in [0.717, 1.165) is 23.2 Å². The number of carbonyl (C=O) groups is 1. The van der Waals surface area contributed by atoms with Gasteiger partial charge in [0.2, 0.25) is 5.91 Å². The fourth-order valence-electron chi connectivity index (χ4n) is 3.39. The minimum absolute atomic E-state index is 0. The molecule has 1 aliphatic heterocycles. The Bertz CT molecular complexity index is 976. The molecule has 1 saturated heterocycles. The van der Waals surface area contributed by atoms with Crippen LogP contribution in [0.2, 0.25) is 0 Å². The molecule has 1 aromatic carbocycles. The lowest BCUT2D eigenvalue weighted by Gasteiger charge is -2.12. The van der Waals surface area contributed by atoms with E-state index < -0.39 is 0 Å². The van der Waals surface area contributed by atoms with Crippen molar-refractivity contribution in [2.24, 2.45) is 5.73 Å². The number of nitrogens with zero attached hydrogens (tertiary/aromatic N) is 4. The van der Waals surface area contributed by atoms with E-state index in [9.17, 15) is 4.79 Å². The topological polar surface area (TPSA) is 77.0 Å². The Balaban J connectivity index is 0.00000160. The van der Waals surface area contributed by atoms with E-state index in [1.54, 1.807) is 23.4 Å². The molecule has 2 N–H and O–H groups in total. The van der Waals surface area contributed by atoms with Crippen LogP contribution in [0.25, 0.3) is 17.3 Å². The normalized spacial score (nSPS) is 15.6. The van der Waals surface area contributed by atoms with Crippen LogP contribution in [-0.2, 0) is 11.3 Å². The molecule has 0 spiro atoms. The minimum atomic E-state index is -0.0131. The Morgan fingerprint density at radius 2 is 1.97 bits per heavy atom. The van der Waals surface area contributed by atoms with Crippen LogP contribution in [0.5, 0.6) is 0 Å². The Hall–Kier alpha value is -2.67. The van der Waals surface area contributed by atoms with Gasteiger partial charge in [-0.1, -0.05) is 30.3 Å². The summed E-state index contributed by atoms with van der Waals surface area (Å²) in [4.78, 5) is 18.4. The number of halogens is 2. The SMILES string of the molecule is Cl.Cl.N[C@H]1CCN(C(=O)C=Cc2cn(Cc3ccccc3)nc2-c2cccnc2)C1. The number of amides is 1. The molecule has 2 aromatic heterocycles. The third-order valence-corrected chi connectivity index (χ3v) is 4.85. The van der Waals surface area contributed by atoms with Gasteiger partial charge in [-0.2, -0.15) is 5.10 Å². The lowest BCUT2D eigenvalue weighted by Crippen LogP contribution is -2.30. The van der Waals surface area contributed by atoms with E-state index in [4.69, 9.17) is 10.8 Å². The van der Waals surface area contributed by atoms with Crippen molar-refractivity contribution in [3.05, 3.63) is 78.3 Å². The van der Waals surface area contributed by atoms with Crippen LogP contribution in [0.15, 0.2) is 67.1 Å². The highest BCUT2D eigenvalue weighted by molar-refractivity contribution is 5.93. The summed E-state index contributed by atoms with van der Waals surface area (Å²) in [5.41, 5.74) is 9.70. The van der Waals surface area contributed by atoms with Crippen LogP contribution in [0.4, 0.5) is 0 Å². The van der Waals surface area contributed by atoms with Gasteiger partial charge in [0.1, 0.15) is 5.69 Å². The van der Waals surface area contributed by atoms with Gasteiger partial charge in [-0.3, -0.25) is 14.5 Å². The van der Waals surface area contributed by atoms with Gasteiger partial charge in [-0.25, -0.2) is 0 Å². The third kappa shape index (κ3) is 5.69. The van der Waals surface area contributed by atoms with E-state index >= 15 is 0 Å². The Labute approximate surface area is 188 Å². The maximum absolute atomic E-state index is 12.5. The number of aromatic nitrogens is 3. The van der Waals surface area contributed by atoms with Crippen molar-refractivity contribution in [1.29, 1.82) is 0 Å². The molecule has 6 nitrogen and oxygen atoms in total. The van der Waals surface area contributed by atoms with E-state index in [1.165, 1.54) is 5.56 Å². The summed E-state index contributed by atoms with van der Waals surface area (Å²) in [6, 6.07) is 14.1. The van der Waals surface area contributed by atoms with Gasteiger partial charge in [0.25, 0.3) is 0 Å². The fraction of sp³-hybridized carbons (Fsp3) is 0.227. The maximum Gasteiger partial charge on any atom is 0.246 e. The summed E-state index contributed by atoms with van der Waals surface area (Å²) < 4.78 is 1.90. The fourth-order valence-corrected chi connectivity index (χ4v) is 3.39. The van der Waals surface area contributed by atoms with Gasteiger partial charge < -0.3 is 10.6 Å². The quantitative estimate of drug-likeness (QED) is 0.610. The lowest BCUT2D eigenvalue weighted by atomic mass is 10.1. The summed E-state index contributed by atoms with van der Waals surface area (Å²) >= 11 is 0. The molecule has 4 rings (SSSR count). The van der Waals surface area contributed by atoms with Crippen molar-refractivity contribution in [3.8, 4) is 11.3 Å². The molecule has 3 aromatic rings. The van der Waals surface area contributed by atoms with E-state index in [1.807, 2.05) is 47.3 Å². The highest BCUT2D eigenvalue weighted by Gasteiger charge is 2.22. The van der Waals surface area contributed by atoms with Gasteiger partial charge in [-0.15, -0.1) is 24.8 Å². The number of carbonyl (C=O) groups excluding carboxylic acids is 1. The average Bonchev–Trinajstić information content (AvgIpc) is 3.34. The molecule has 1 aliphatic rings. The summed E-state index contributed by atoms with van der Waals surface area (Å²) in [5, 5.41) is 4.74. The van der Waals surface area contributed by atoms with Crippen LogP contribution in [0, 0.1) is 0 Å². The lowest BCUT2D eigenvalue weighted by molar-refractivity contribution is -0.124. The van der Waals surface area contributed by atoms with Crippen molar-refractivity contribution in [2.75, 3.05) is 13.1 Å². The molecular weight excluding hydrogens is 421 g/mol. The van der Waals surface area contributed by atoms with Gasteiger partial charge in [-0.05, 0) is 30.2 Å². The van der Waals surface area contributed by atoms with Crippen molar-refractivity contribution in [2.45, 2.75) is 19.0 Å². The molecule has 0 saturated carbocycles. The third-order valence-electron chi connectivity index (χ3n) is 4.85. The molecule has 1 amide bonds. The molecular formula is C22H25Cl2N5O. The molecule has 8 heteroatoms.